The van der Waals surface area contributed by atoms with E-state index in [1.807, 2.05) is 13.8 Å². The van der Waals surface area contributed by atoms with Gasteiger partial charge < -0.3 is 20.1 Å². The van der Waals surface area contributed by atoms with Gasteiger partial charge in [-0.3, -0.25) is 4.79 Å². The van der Waals surface area contributed by atoms with Gasteiger partial charge in [-0.2, -0.15) is 0 Å². The molecule has 1 rings (SSSR count). The maximum Gasteiger partial charge on any atom is 0.317 e. The maximum absolute atomic E-state index is 12.0. The fourth-order valence-corrected chi connectivity index (χ4v) is 2.17. The second-order valence-electron chi connectivity index (χ2n) is 5.33. The van der Waals surface area contributed by atoms with Gasteiger partial charge in [0.1, 0.15) is 0 Å². The zero-order chi connectivity index (χ0) is 14.4. The van der Waals surface area contributed by atoms with Crippen molar-refractivity contribution in [1.82, 2.24) is 10.2 Å². The van der Waals surface area contributed by atoms with Crippen molar-refractivity contribution in [2.75, 3.05) is 26.8 Å². The Labute approximate surface area is 114 Å². The highest BCUT2D eigenvalue weighted by molar-refractivity contribution is 5.76. The Morgan fingerprint density at radius 3 is 2.42 bits per heavy atom. The van der Waals surface area contributed by atoms with E-state index in [-0.39, 0.29) is 24.5 Å². The van der Waals surface area contributed by atoms with Gasteiger partial charge in [-0.05, 0) is 18.8 Å². The van der Waals surface area contributed by atoms with E-state index in [1.165, 1.54) is 0 Å². The molecule has 1 unspecified atom stereocenters. The second kappa shape index (κ2) is 7.33. The van der Waals surface area contributed by atoms with Crippen LogP contribution in [0.5, 0.6) is 0 Å². The van der Waals surface area contributed by atoms with Gasteiger partial charge in [0.15, 0.2) is 0 Å². The molecule has 1 heterocycles. The minimum Gasteiger partial charge on any atom is -0.481 e. The van der Waals surface area contributed by atoms with Gasteiger partial charge in [0.25, 0.3) is 0 Å². The Morgan fingerprint density at radius 1 is 1.37 bits per heavy atom. The van der Waals surface area contributed by atoms with Gasteiger partial charge in [-0.1, -0.05) is 13.8 Å². The molecule has 1 saturated heterocycles. The summed E-state index contributed by atoms with van der Waals surface area (Å²) in [6.07, 6.45) is 1.66. The lowest BCUT2D eigenvalue weighted by Gasteiger charge is -2.31. The molecule has 6 heteroatoms. The second-order valence-corrected chi connectivity index (χ2v) is 5.33. The van der Waals surface area contributed by atoms with Gasteiger partial charge in [0.05, 0.1) is 5.92 Å². The predicted molar refractivity (Wildman–Crippen MR) is 71.0 cm³/mol. The van der Waals surface area contributed by atoms with Crippen LogP contribution in [0.25, 0.3) is 0 Å². The molecule has 0 aromatic heterocycles. The molecule has 1 fully saturated rings. The highest BCUT2D eigenvalue weighted by atomic mass is 16.5. The van der Waals surface area contributed by atoms with Crippen LogP contribution in [-0.2, 0) is 9.53 Å². The standard InChI is InChI=1S/C13H24N2O4/c1-9(2)11(12(16)17)8-14-13(18)15(3)10-4-6-19-7-5-10/h9-11H,4-8H2,1-3H3,(H,14,18)(H,16,17). The Balaban J connectivity index is 2.42. The van der Waals surface area contributed by atoms with Gasteiger partial charge in [0.2, 0.25) is 0 Å². The number of carboxylic acids is 1. The summed E-state index contributed by atoms with van der Waals surface area (Å²) in [5.74, 6) is -1.43. The topological polar surface area (TPSA) is 78.9 Å². The number of carboxylic acid groups (broad SMARTS) is 1. The minimum atomic E-state index is -0.871. The van der Waals surface area contributed by atoms with Crippen LogP contribution in [0, 0.1) is 11.8 Å². The molecule has 0 aromatic rings. The molecule has 0 saturated carbocycles. The van der Waals surface area contributed by atoms with Crippen LogP contribution in [0.4, 0.5) is 4.79 Å². The number of aliphatic carboxylic acids is 1. The first-order chi connectivity index (χ1) is 8.93. The number of nitrogens with one attached hydrogen (secondary N) is 1. The fourth-order valence-electron chi connectivity index (χ4n) is 2.17. The SMILES string of the molecule is CC(C)C(CNC(=O)N(C)C1CCOCC1)C(=O)O. The Bertz CT molecular complexity index is 314. The van der Waals surface area contributed by atoms with Gasteiger partial charge >= 0.3 is 12.0 Å². The number of amides is 2. The van der Waals surface area contributed by atoms with E-state index >= 15 is 0 Å². The van der Waals surface area contributed by atoms with Crippen molar-refractivity contribution in [2.24, 2.45) is 11.8 Å². The molecule has 1 atom stereocenters. The lowest BCUT2D eigenvalue weighted by molar-refractivity contribution is -0.142. The smallest absolute Gasteiger partial charge is 0.317 e. The molecular weight excluding hydrogens is 248 g/mol. The van der Waals surface area contributed by atoms with Crippen molar-refractivity contribution in [3.8, 4) is 0 Å². The third kappa shape index (κ3) is 4.70. The molecule has 110 valence electrons. The van der Waals surface area contributed by atoms with Crippen molar-refractivity contribution in [1.29, 1.82) is 0 Å². The van der Waals surface area contributed by atoms with Crippen LogP contribution in [0.15, 0.2) is 0 Å². The summed E-state index contributed by atoms with van der Waals surface area (Å²) in [5, 5.41) is 11.8. The summed E-state index contributed by atoms with van der Waals surface area (Å²) in [7, 11) is 1.75. The van der Waals surface area contributed by atoms with E-state index in [0.29, 0.717) is 13.2 Å². The van der Waals surface area contributed by atoms with Gasteiger partial charge in [-0.25, -0.2) is 4.79 Å². The van der Waals surface area contributed by atoms with Crippen LogP contribution >= 0.6 is 0 Å². The molecule has 0 aliphatic carbocycles. The number of carbonyl (C=O) groups excluding carboxylic acids is 1. The highest BCUT2D eigenvalue weighted by Crippen LogP contribution is 2.13. The number of carbonyl (C=O) groups is 2. The molecule has 0 bridgehead atoms. The number of nitrogens with zero attached hydrogens (tertiary/aromatic N) is 1. The highest BCUT2D eigenvalue weighted by Gasteiger charge is 2.25. The zero-order valence-corrected chi connectivity index (χ0v) is 11.9. The zero-order valence-electron chi connectivity index (χ0n) is 11.9. The summed E-state index contributed by atoms with van der Waals surface area (Å²) >= 11 is 0. The van der Waals surface area contributed by atoms with Gasteiger partial charge in [0, 0.05) is 32.8 Å². The lowest BCUT2D eigenvalue weighted by Crippen LogP contribution is -2.47. The van der Waals surface area contributed by atoms with E-state index < -0.39 is 11.9 Å². The van der Waals surface area contributed by atoms with E-state index in [2.05, 4.69) is 5.32 Å². The van der Waals surface area contributed by atoms with Crippen LogP contribution in [0.1, 0.15) is 26.7 Å². The average Bonchev–Trinajstić information content (AvgIpc) is 2.38. The molecule has 1 aliphatic rings. The fraction of sp³-hybridized carbons (Fsp3) is 0.846. The first-order valence-corrected chi connectivity index (χ1v) is 6.74. The van der Waals surface area contributed by atoms with E-state index in [0.717, 1.165) is 12.8 Å². The summed E-state index contributed by atoms with van der Waals surface area (Å²) in [5.41, 5.74) is 0. The van der Waals surface area contributed by atoms with E-state index in [4.69, 9.17) is 9.84 Å². The molecule has 6 nitrogen and oxygen atoms in total. The molecule has 19 heavy (non-hydrogen) atoms. The minimum absolute atomic E-state index is 0.00816. The monoisotopic (exact) mass is 272 g/mol. The molecule has 0 spiro atoms. The number of ether oxygens (including phenoxy) is 1. The molecule has 2 amide bonds. The van der Waals surface area contributed by atoms with Crippen LogP contribution in [0.2, 0.25) is 0 Å². The van der Waals surface area contributed by atoms with Crippen LogP contribution < -0.4 is 5.32 Å². The van der Waals surface area contributed by atoms with Crippen molar-refractivity contribution in [2.45, 2.75) is 32.7 Å². The Kier molecular flexibility index (Phi) is 6.08. The lowest BCUT2D eigenvalue weighted by atomic mass is 9.96. The maximum atomic E-state index is 12.0. The summed E-state index contributed by atoms with van der Waals surface area (Å²) in [4.78, 5) is 24.7. The van der Waals surface area contributed by atoms with Crippen molar-refractivity contribution in [3.05, 3.63) is 0 Å². The normalized spacial score (nSPS) is 18.1. The molecule has 1 aliphatic heterocycles. The first-order valence-electron chi connectivity index (χ1n) is 6.74. The summed E-state index contributed by atoms with van der Waals surface area (Å²) < 4.78 is 5.25. The number of rotatable bonds is 5. The predicted octanol–water partition coefficient (Wildman–Crippen LogP) is 1.16. The van der Waals surface area contributed by atoms with Crippen LogP contribution in [0.3, 0.4) is 0 Å². The van der Waals surface area contributed by atoms with E-state index in [9.17, 15) is 9.59 Å². The van der Waals surface area contributed by atoms with Gasteiger partial charge in [-0.15, -0.1) is 0 Å². The summed E-state index contributed by atoms with van der Waals surface area (Å²) in [6, 6.07) is -0.0325. The third-order valence-electron chi connectivity index (χ3n) is 3.65. The van der Waals surface area contributed by atoms with Crippen molar-refractivity contribution < 1.29 is 19.4 Å². The van der Waals surface area contributed by atoms with Crippen molar-refractivity contribution in [3.63, 3.8) is 0 Å². The number of urea groups is 1. The quantitative estimate of drug-likeness (QED) is 0.787. The molecule has 2 N–H and O–H groups in total. The molecule has 0 radical (unpaired) electrons. The number of hydrogen-bond donors (Lipinski definition) is 2. The number of hydrogen-bond acceptors (Lipinski definition) is 3. The van der Waals surface area contributed by atoms with E-state index in [1.54, 1.807) is 11.9 Å². The summed E-state index contributed by atoms with van der Waals surface area (Å²) in [6.45, 7) is 5.19. The molecular formula is C13H24N2O4. The first kappa shape index (κ1) is 15.8. The largest absolute Gasteiger partial charge is 0.481 e. The Morgan fingerprint density at radius 2 is 1.95 bits per heavy atom. The van der Waals surface area contributed by atoms with Crippen molar-refractivity contribution >= 4 is 12.0 Å². The van der Waals surface area contributed by atoms with Crippen LogP contribution in [-0.4, -0.2) is 54.9 Å². The Hall–Kier alpha value is -1.30. The molecule has 0 aromatic carbocycles. The average molecular weight is 272 g/mol. The third-order valence-corrected chi connectivity index (χ3v) is 3.65.